The van der Waals surface area contributed by atoms with Gasteiger partial charge in [-0.05, 0) is 81.0 Å². The van der Waals surface area contributed by atoms with Crippen LogP contribution >= 0.6 is 0 Å². The number of nitrogens with one attached hydrogen (secondary N) is 1. The van der Waals surface area contributed by atoms with Crippen LogP contribution in [0.3, 0.4) is 0 Å². The topological polar surface area (TPSA) is 107 Å². The van der Waals surface area contributed by atoms with Gasteiger partial charge in [0.2, 0.25) is 0 Å². The van der Waals surface area contributed by atoms with Gasteiger partial charge < -0.3 is 24.4 Å². The number of esters is 1. The van der Waals surface area contributed by atoms with E-state index in [1.807, 2.05) is 66.7 Å². The summed E-state index contributed by atoms with van der Waals surface area (Å²) in [5, 5.41) is 3.41. The summed E-state index contributed by atoms with van der Waals surface area (Å²) in [5.41, 5.74) is 3.02. The Hall–Kier alpha value is -5.77. The number of fused-ring (bicyclic) bond motifs is 2. The number of ether oxygens (including phenoxy) is 3. The van der Waals surface area contributed by atoms with Crippen LogP contribution in [0.4, 0.5) is 9.18 Å². The van der Waals surface area contributed by atoms with Crippen LogP contribution in [-0.4, -0.2) is 39.5 Å². The molecule has 2 unspecified atom stereocenters. The molecule has 0 saturated heterocycles. The monoisotopic (exact) mass is 701 g/mol. The number of halogens is 1. The number of hydrogen-bond donors (Lipinski definition) is 1. The van der Waals surface area contributed by atoms with Gasteiger partial charge in [-0.2, -0.15) is 0 Å². The van der Waals surface area contributed by atoms with Crippen LogP contribution in [0.1, 0.15) is 78.7 Å². The highest BCUT2D eigenvalue weighted by Gasteiger charge is 2.40. The zero-order chi connectivity index (χ0) is 36.4. The fourth-order valence-corrected chi connectivity index (χ4v) is 6.95. The average Bonchev–Trinajstić information content (AvgIpc) is 3.73. The first kappa shape index (κ1) is 34.7. The second kappa shape index (κ2) is 14.5. The summed E-state index contributed by atoms with van der Waals surface area (Å²) in [6.07, 6.45) is 2.01. The van der Waals surface area contributed by atoms with Crippen molar-refractivity contribution in [3.05, 3.63) is 137 Å². The van der Waals surface area contributed by atoms with E-state index >= 15 is 0 Å². The normalized spacial score (nSPS) is 16.9. The van der Waals surface area contributed by atoms with E-state index in [-0.39, 0.29) is 47.9 Å². The third-order valence-electron chi connectivity index (χ3n) is 9.34. The number of hydrogen-bond acceptors (Lipinski definition) is 7. The summed E-state index contributed by atoms with van der Waals surface area (Å²) in [4.78, 5) is 47.1. The van der Waals surface area contributed by atoms with Crippen LogP contribution in [-0.2, 0) is 22.6 Å². The maximum absolute atomic E-state index is 14.5. The fraction of sp³-hybridized carbons (Fsp3) is 0.286. The van der Waals surface area contributed by atoms with Crippen molar-refractivity contribution in [2.75, 3.05) is 0 Å². The molecular weight excluding hydrogens is 661 g/mol. The second-order valence-corrected chi connectivity index (χ2v) is 14.3. The molecule has 7 rings (SSSR count). The number of benzene rings is 4. The Labute approximate surface area is 301 Å². The van der Waals surface area contributed by atoms with Crippen molar-refractivity contribution in [2.24, 2.45) is 5.92 Å². The van der Waals surface area contributed by atoms with Crippen LogP contribution in [0.2, 0.25) is 0 Å². The Bertz CT molecular complexity index is 2060. The van der Waals surface area contributed by atoms with Crippen LogP contribution in [0, 0.1) is 11.7 Å². The number of carbonyl (C=O) groups excluding carboxylic acids is 3. The minimum Gasteiger partial charge on any atom is -0.478 e. The van der Waals surface area contributed by atoms with E-state index in [1.165, 1.54) is 12.1 Å². The molecule has 0 spiro atoms. The predicted octanol–water partition coefficient (Wildman–Crippen LogP) is 8.30. The Kier molecular flexibility index (Phi) is 9.64. The molecular formula is C42H40FN3O6. The minimum atomic E-state index is -0.642. The SMILES string of the molecule is CC(C)(C)OC(=O)NC1CCC(C(=O)Oc2c3c(c(OC(c4ccccc4)c4ccccc4)c4ncccc24)C(=O)N(Cc2ccc(F)cc2)C3)C1. The van der Waals surface area contributed by atoms with Gasteiger partial charge in [-0.3, -0.25) is 14.6 Å². The number of rotatable bonds is 9. The van der Waals surface area contributed by atoms with Gasteiger partial charge in [0.05, 0.1) is 18.0 Å². The highest BCUT2D eigenvalue weighted by Crippen LogP contribution is 2.47. The van der Waals surface area contributed by atoms with Crippen molar-refractivity contribution in [3.8, 4) is 11.5 Å². The van der Waals surface area contributed by atoms with Crippen LogP contribution in [0.5, 0.6) is 11.5 Å². The lowest BCUT2D eigenvalue weighted by molar-refractivity contribution is -0.138. The minimum absolute atomic E-state index is 0.129. The van der Waals surface area contributed by atoms with E-state index < -0.39 is 29.7 Å². The standard InChI is InChI=1S/C42H40FN3O6/c1-42(2,3)52-41(49)45-31-21-18-29(23-31)40(48)51-37-32-15-10-22-44-35(32)38(50-36(27-11-6-4-7-12-27)28-13-8-5-9-14-28)34-33(37)25-46(39(34)47)24-26-16-19-30(43)20-17-26/h4-17,19-20,22,29,31,36H,18,21,23-25H2,1-3H3,(H,45,49). The van der Waals surface area contributed by atoms with Crippen LogP contribution < -0.4 is 14.8 Å². The number of pyridine rings is 1. The lowest BCUT2D eigenvalue weighted by atomic mass is 9.99. The van der Waals surface area contributed by atoms with Gasteiger partial charge in [0.15, 0.2) is 5.75 Å². The molecule has 1 aliphatic carbocycles. The van der Waals surface area contributed by atoms with E-state index in [2.05, 4.69) is 5.32 Å². The molecule has 52 heavy (non-hydrogen) atoms. The largest absolute Gasteiger partial charge is 0.478 e. The molecule has 266 valence electrons. The van der Waals surface area contributed by atoms with Gasteiger partial charge in [0.1, 0.15) is 28.8 Å². The third kappa shape index (κ3) is 7.46. The molecule has 1 N–H and O–H groups in total. The molecule has 1 fully saturated rings. The average molecular weight is 702 g/mol. The first-order chi connectivity index (χ1) is 25.0. The highest BCUT2D eigenvalue weighted by atomic mass is 19.1. The quantitative estimate of drug-likeness (QED) is 0.122. The Morgan fingerprint density at radius 1 is 0.904 bits per heavy atom. The van der Waals surface area contributed by atoms with Gasteiger partial charge in [0, 0.05) is 29.7 Å². The summed E-state index contributed by atoms with van der Waals surface area (Å²) in [6, 6.07) is 28.8. The zero-order valence-corrected chi connectivity index (χ0v) is 29.3. The Morgan fingerprint density at radius 2 is 1.58 bits per heavy atom. The molecule has 1 aromatic heterocycles. The molecule has 2 heterocycles. The van der Waals surface area contributed by atoms with Crippen molar-refractivity contribution in [2.45, 2.75) is 70.9 Å². The molecule has 0 radical (unpaired) electrons. The number of nitrogens with zero attached hydrogens (tertiary/aromatic N) is 2. The van der Waals surface area contributed by atoms with Crippen molar-refractivity contribution in [3.63, 3.8) is 0 Å². The highest BCUT2D eigenvalue weighted by molar-refractivity contribution is 6.09. The Balaban J connectivity index is 1.27. The van der Waals surface area contributed by atoms with Crippen LogP contribution in [0.25, 0.3) is 10.9 Å². The molecule has 5 aromatic rings. The van der Waals surface area contributed by atoms with Crippen LogP contribution in [0.15, 0.2) is 103 Å². The second-order valence-electron chi connectivity index (χ2n) is 14.3. The molecule has 1 saturated carbocycles. The predicted molar refractivity (Wildman–Crippen MR) is 193 cm³/mol. The van der Waals surface area contributed by atoms with Crippen molar-refractivity contribution >= 4 is 28.9 Å². The number of alkyl carbamates (subject to hydrolysis) is 1. The van der Waals surface area contributed by atoms with E-state index in [0.29, 0.717) is 35.7 Å². The maximum Gasteiger partial charge on any atom is 0.407 e. The molecule has 10 heteroatoms. The summed E-state index contributed by atoms with van der Waals surface area (Å²) in [6.45, 7) is 5.72. The van der Waals surface area contributed by atoms with E-state index in [9.17, 15) is 18.8 Å². The molecule has 2 amide bonds. The van der Waals surface area contributed by atoms with Crippen molar-refractivity contribution in [1.82, 2.24) is 15.2 Å². The molecule has 9 nitrogen and oxygen atoms in total. The van der Waals surface area contributed by atoms with Gasteiger partial charge in [-0.25, -0.2) is 9.18 Å². The van der Waals surface area contributed by atoms with Crippen molar-refractivity contribution < 1.29 is 33.0 Å². The summed E-state index contributed by atoms with van der Waals surface area (Å²) in [7, 11) is 0. The molecule has 4 aromatic carbocycles. The molecule has 0 bridgehead atoms. The van der Waals surface area contributed by atoms with E-state index in [1.54, 1.807) is 50.1 Å². The van der Waals surface area contributed by atoms with E-state index in [4.69, 9.17) is 19.2 Å². The van der Waals surface area contributed by atoms with Gasteiger partial charge in [-0.1, -0.05) is 72.8 Å². The van der Waals surface area contributed by atoms with Gasteiger partial charge >= 0.3 is 12.1 Å². The summed E-state index contributed by atoms with van der Waals surface area (Å²) < 4.78 is 32.4. The first-order valence-corrected chi connectivity index (χ1v) is 17.5. The smallest absolute Gasteiger partial charge is 0.407 e. The fourth-order valence-electron chi connectivity index (χ4n) is 6.95. The molecule has 2 atom stereocenters. The number of aromatic nitrogens is 1. The number of carbonyl (C=O) groups is 3. The summed E-state index contributed by atoms with van der Waals surface area (Å²) >= 11 is 0. The molecule has 2 aliphatic rings. The van der Waals surface area contributed by atoms with Crippen molar-refractivity contribution in [1.29, 1.82) is 0 Å². The zero-order valence-electron chi connectivity index (χ0n) is 29.3. The summed E-state index contributed by atoms with van der Waals surface area (Å²) in [5.74, 6) is -1.08. The van der Waals surface area contributed by atoms with E-state index in [0.717, 1.165) is 16.7 Å². The molecule has 1 aliphatic heterocycles. The van der Waals surface area contributed by atoms with Gasteiger partial charge in [-0.15, -0.1) is 0 Å². The Morgan fingerprint density at radius 3 is 2.23 bits per heavy atom. The lowest BCUT2D eigenvalue weighted by Crippen LogP contribution is -2.38. The maximum atomic E-state index is 14.5. The van der Waals surface area contributed by atoms with Gasteiger partial charge in [0.25, 0.3) is 5.91 Å². The number of amides is 2. The third-order valence-corrected chi connectivity index (χ3v) is 9.34. The first-order valence-electron chi connectivity index (χ1n) is 17.5. The lowest BCUT2D eigenvalue weighted by Gasteiger charge is -2.23.